The lowest BCUT2D eigenvalue weighted by Crippen LogP contribution is -2.20. The average molecular weight is 397 g/mol. The molecule has 5 rings (SSSR count). The van der Waals surface area contributed by atoms with E-state index in [0.717, 1.165) is 16.9 Å². The average Bonchev–Trinajstić information content (AvgIpc) is 3.18. The van der Waals surface area contributed by atoms with Crippen LogP contribution in [0, 0.1) is 0 Å². The Labute approximate surface area is 169 Å². The van der Waals surface area contributed by atoms with E-state index in [1.807, 2.05) is 41.1 Å². The van der Waals surface area contributed by atoms with Crippen LogP contribution in [-0.4, -0.2) is 20.4 Å². The first-order chi connectivity index (χ1) is 14.6. The topological polar surface area (TPSA) is 96.8 Å². The van der Waals surface area contributed by atoms with Gasteiger partial charge >= 0.3 is 5.63 Å². The van der Waals surface area contributed by atoms with E-state index >= 15 is 0 Å². The molecule has 0 saturated heterocycles. The zero-order valence-electron chi connectivity index (χ0n) is 15.6. The minimum atomic E-state index is -0.748. The number of nitrogens with one attached hydrogen (secondary N) is 1. The number of rotatable bonds is 3. The Bertz CT molecular complexity index is 1450. The fraction of sp³-hybridized carbons (Fsp3) is 0. The van der Waals surface area contributed by atoms with Crippen molar-refractivity contribution in [2.45, 2.75) is 0 Å². The zero-order valence-corrected chi connectivity index (χ0v) is 15.6. The van der Waals surface area contributed by atoms with E-state index in [-0.39, 0.29) is 11.3 Å². The van der Waals surface area contributed by atoms with Crippen molar-refractivity contribution >= 4 is 28.2 Å². The van der Waals surface area contributed by atoms with Gasteiger partial charge in [0.1, 0.15) is 22.5 Å². The molecule has 0 saturated carbocycles. The lowest BCUT2D eigenvalue weighted by molar-refractivity contribution is 0.102. The van der Waals surface area contributed by atoms with Crippen LogP contribution in [0.1, 0.15) is 10.4 Å². The predicted octanol–water partition coefficient (Wildman–Crippen LogP) is 4.07. The number of carbonyl (C=O) groups is 1. The Morgan fingerprint density at radius 1 is 1.03 bits per heavy atom. The zero-order chi connectivity index (χ0) is 20.7. The van der Waals surface area contributed by atoms with Crippen molar-refractivity contribution in [1.82, 2.24) is 9.38 Å². The van der Waals surface area contributed by atoms with Gasteiger partial charge in [0.2, 0.25) is 0 Å². The van der Waals surface area contributed by atoms with Crippen LogP contribution in [0.4, 0.5) is 5.69 Å². The molecule has 0 atom stereocenters. The highest BCUT2D eigenvalue weighted by Gasteiger charge is 2.15. The number of pyridine rings is 1. The molecule has 0 aliphatic carbocycles. The maximum Gasteiger partial charge on any atom is 0.349 e. The Balaban J connectivity index is 1.47. The highest BCUT2D eigenvalue weighted by atomic mass is 16.4. The minimum Gasteiger partial charge on any atom is -0.508 e. The van der Waals surface area contributed by atoms with E-state index in [9.17, 15) is 14.7 Å². The molecule has 0 fully saturated rings. The van der Waals surface area contributed by atoms with E-state index in [1.165, 1.54) is 24.3 Å². The first-order valence-electron chi connectivity index (χ1n) is 9.19. The van der Waals surface area contributed by atoms with Gasteiger partial charge in [-0.1, -0.05) is 18.2 Å². The number of hydrogen-bond donors (Lipinski definition) is 2. The smallest absolute Gasteiger partial charge is 0.349 e. The summed E-state index contributed by atoms with van der Waals surface area (Å²) in [6, 6.07) is 18.7. The number of nitrogens with zero attached hydrogens (tertiary/aromatic N) is 2. The van der Waals surface area contributed by atoms with Crippen molar-refractivity contribution in [3.63, 3.8) is 0 Å². The first-order valence-corrected chi connectivity index (χ1v) is 9.19. The number of imidazole rings is 1. The lowest BCUT2D eigenvalue weighted by Gasteiger charge is -2.07. The molecule has 0 radical (unpaired) electrons. The number of fused-ring (bicyclic) bond motifs is 2. The number of aromatic hydroxyl groups is 1. The number of anilines is 1. The summed E-state index contributed by atoms with van der Waals surface area (Å²) in [5, 5.41) is 12.8. The monoisotopic (exact) mass is 397 g/mol. The summed E-state index contributed by atoms with van der Waals surface area (Å²) in [6.07, 6.45) is 3.81. The van der Waals surface area contributed by atoms with Crippen LogP contribution in [0.25, 0.3) is 27.9 Å². The second kappa shape index (κ2) is 6.89. The molecule has 0 unspecified atom stereocenters. The summed E-state index contributed by atoms with van der Waals surface area (Å²) >= 11 is 0. The summed E-state index contributed by atoms with van der Waals surface area (Å²) in [5.74, 6) is -0.580. The minimum absolute atomic E-state index is 0.0165. The fourth-order valence-electron chi connectivity index (χ4n) is 3.30. The Morgan fingerprint density at radius 3 is 2.80 bits per heavy atom. The first kappa shape index (κ1) is 17.7. The number of benzene rings is 2. The van der Waals surface area contributed by atoms with E-state index in [2.05, 4.69) is 10.3 Å². The van der Waals surface area contributed by atoms with Gasteiger partial charge in [0.15, 0.2) is 0 Å². The molecule has 3 aromatic heterocycles. The summed E-state index contributed by atoms with van der Waals surface area (Å²) in [4.78, 5) is 29.5. The maximum atomic E-state index is 12.7. The SMILES string of the molecule is O=C(Nc1cccc(-c2cn3ccccc3n2)c1)c1cc2cc(O)ccc2oc1=O. The Hall–Kier alpha value is -4.39. The van der Waals surface area contributed by atoms with Gasteiger partial charge in [-0.2, -0.15) is 0 Å². The molecular weight excluding hydrogens is 382 g/mol. The van der Waals surface area contributed by atoms with Crippen LogP contribution in [0.2, 0.25) is 0 Å². The van der Waals surface area contributed by atoms with Crippen molar-refractivity contribution in [1.29, 1.82) is 0 Å². The number of hydrogen-bond acceptors (Lipinski definition) is 5. The Kier molecular flexibility index (Phi) is 4.07. The summed E-state index contributed by atoms with van der Waals surface area (Å²) in [7, 11) is 0. The number of aromatic nitrogens is 2. The van der Waals surface area contributed by atoms with Crippen molar-refractivity contribution in [2.75, 3.05) is 5.32 Å². The molecule has 146 valence electrons. The van der Waals surface area contributed by atoms with Crippen molar-refractivity contribution in [2.24, 2.45) is 0 Å². The number of phenolic OH excluding ortho intramolecular Hbond substituents is 1. The molecule has 0 bridgehead atoms. The normalized spacial score (nSPS) is 11.1. The molecule has 0 aliphatic rings. The van der Waals surface area contributed by atoms with Crippen LogP contribution in [0.3, 0.4) is 0 Å². The lowest BCUT2D eigenvalue weighted by atomic mass is 10.1. The molecule has 1 amide bonds. The van der Waals surface area contributed by atoms with Gasteiger partial charge in [-0.15, -0.1) is 0 Å². The maximum absolute atomic E-state index is 12.7. The molecule has 5 aromatic rings. The van der Waals surface area contributed by atoms with Crippen LogP contribution in [-0.2, 0) is 0 Å². The van der Waals surface area contributed by atoms with E-state index in [1.54, 1.807) is 18.2 Å². The predicted molar refractivity (Wildman–Crippen MR) is 113 cm³/mol. The van der Waals surface area contributed by atoms with Crippen LogP contribution in [0.15, 0.2) is 88.3 Å². The van der Waals surface area contributed by atoms with Gasteiger partial charge in [0, 0.05) is 29.0 Å². The Morgan fingerprint density at radius 2 is 1.93 bits per heavy atom. The highest BCUT2D eigenvalue weighted by molar-refractivity contribution is 6.05. The van der Waals surface area contributed by atoms with Crippen LogP contribution < -0.4 is 10.9 Å². The standard InChI is InChI=1S/C23H15N3O4/c27-17-7-8-20-15(11-17)12-18(23(29)30-20)22(28)24-16-5-3-4-14(10-16)19-13-26-9-2-1-6-21(26)25-19/h1-13,27H,(H,24,28). The third kappa shape index (κ3) is 3.18. The quantitative estimate of drug-likeness (QED) is 0.448. The van der Waals surface area contributed by atoms with Gasteiger partial charge in [-0.05, 0) is 48.5 Å². The number of phenols is 1. The van der Waals surface area contributed by atoms with Crippen molar-refractivity contribution in [3.05, 3.63) is 95.1 Å². The summed E-state index contributed by atoms with van der Waals surface area (Å²) < 4.78 is 7.11. The third-order valence-corrected chi connectivity index (χ3v) is 4.74. The largest absolute Gasteiger partial charge is 0.508 e. The van der Waals surface area contributed by atoms with Gasteiger partial charge in [-0.25, -0.2) is 9.78 Å². The number of amides is 1. The van der Waals surface area contributed by atoms with Crippen molar-refractivity contribution < 1.29 is 14.3 Å². The van der Waals surface area contributed by atoms with Crippen molar-refractivity contribution in [3.8, 4) is 17.0 Å². The third-order valence-electron chi connectivity index (χ3n) is 4.74. The van der Waals surface area contributed by atoms with Gasteiger partial charge in [0.25, 0.3) is 5.91 Å². The molecular formula is C23H15N3O4. The highest BCUT2D eigenvalue weighted by Crippen LogP contribution is 2.23. The molecule has 7 nitrogen and oxygen atoms in total. The summed E-state index contributed by atoms with van der Waals surface area (Å²) in [5.41, 5.74) is 2.32. The molecule has 0 aliphatic heterocycles. The van der Waals surface area contributed by atoms with E-state index in [4.69, 9.17) is 4.42 Å². The molecule has 2 aromatic carbocycles. The van der Waals surface area contributed by atoms with Gasteiger partial charge in [-0.3, -0.25) is 4.79 Å². The molecule has 7 heteroatoms. The molecule has 3 heterocycles. The molecule has 0 spiro atoms. The second-order valence-electron chi connectivity index (χ2n) is 6.80. The van der Waals surface area contributed by atoms with E-state index in [0.29, 0.717) is 16.7 Å². The van der Waals surface area contributed by atoms with Crippen LogP contribution >= 0.6 is 0 Å². The van der Waals surface area contributed by atoms with Crippen LogP contribution in [0.5, 0.6) is 5.75 Å². The van der Waals surface area contributed by atoms with Gasteiger partial charge in [0.05, 0.1) is 5.69 Å². The van der Waals surface area contributed by atoms with Gasteiger partial charge < -0.3 is 19.2 Å². The summed E-state index contributed by atoms with van der Waals surface area (Å²) in [6.45, 7) is 0. The van der Waals surface area contributed by atoms with E-state index < -0.39 is 11.5 Å². The number of carbonyl (C=O) groups excluding carboxylic acids is 1. The fourth-order valence-corrected chi connectivity index (χ4v) is 3.30. The molecule has 2 N–H and O–H groups in total. The molecule has 30 heavy (non-hydrogen) atoms. The second-order valence-corrected chi connectivity index (χ2v) is 6.80.